The summed E-state index contributed by atoms with van der Waals surface area (Å²) in [7, 11) is 2.24. The lowest BCUT2D eigenvalue weighted by Gasteiger charge is -2.38. The third-order valence-electron chi connectivity index (χ3n) is 3.94. The molecule has 2 aliphatic heterocycles. The zero-order valence-electron chi connectivity index (χ0n) is 10.2. The van der Waals surface area contributed by atoms with Gasteiger partial charge in [0, 0.05) is 25.2 Å². The summed E-state index contributed by atoms with van der Waals surface area (Å²) in [4.78, 5) is 5.19. The van der Waals surface area contributed by atoms with Crippen molar-refractivity contribution in [2.45, 2.75) is 38.3 Å². The molecule has 3 heteroatoms. The summed E-state index contributed by atoms with van der Waals surface area (Å²) in [6.07, 6.45) is 4.10. The molecule has 88 valence electrons. The van der Waals surface area contributed by atoms with E-state index in [1.165, 1.54) is 52.0 Å². The second-order valence-electron chi connectivity index (χ2n) is 5.04. The standard InChI is InChI=1S/C12H25N3/c1-3-15(11-5-4-7-13-9-11)12-6-8-14(2)10-12/h11-13H,3-10H2,1-2H3. The van der Waals surface area contributed by atoms with Crippen LogP contribution in [-0.2, 0) is 0 Å². The van der Waals surface area contributed by atoms with Crippen LogP contribution in [-0.4, -0.2) is 61.7 Å². The SMILES string of the molecule is CCN(C1CCCNC1)C1CCN(C)C1. The number of nitrogens with one attached hydrogen (secondary N) is 1. The van der Waals surface area contributed by atoms with Crippen molar-refractivity contribution in [2.75, 3.05) is 39.8 Å². The Labute approximate surface area is 93.8 Å². The quantitative estimate of drug-likeness (QED) is 0.744. The smallest absolute Gasteiger partial charge is 0.0238 e. The molecule has 0 aromatic carbocycles. The van der Waals surface area contributed by atoms with Crippen LogP contribution in [0.5, 0.6) is 0 Å². The summed E-state index contributed by atoms with van der Waals surface area (Å²) in [6.45, 7) is 8.50. The molecule has 0 saturated carbocycles. The van der Waals surface area contributed by atoms with Crippen LogP contribution in [0, 0.1) is 0 Å². The highest BCUT2D eigenvalue weighted by molar-refractivity contribution is 4.87. The van der Waals surface area contributed by atoms with E-state index in [2.05, 4.69) is 29.1 Å². The van der Waals surface area contributed by atoms with Crippen LogP contribution in [0.2, 0.25) is 0 Å². The fourth-order valence-electron chi connectivity index (χ4n) is 3.11. The van der Waals surface area contributed by atoms with E-state index in [-0.39, 0.29) is 0 Å². The van der Waals surface area contributed by atoms with Crippen LogP contribution in [0.4, 0.5) is 0 Å². The summed E-state index contributed by atoms with van der Waals surface area (Å²) in [6, 6.07) is 1.60. The number of piperidine rings is 1. The summed E-state index contributed by atoms with van der Waals surface area (Å²) >= 11 is 0. The van der Waals surface area contributed by atoms with Crippen LogP contribution in [0.3, 0.4) is 0 Å². The van der Waals surface area contributed by atoms with Crippen molar-refractivity contribution in [1.82, 2.24) is 15.1 Å². The Morgan fingerprint density at radius 2 is 2.20 bits per heavy atom. The molecule has 2 heterocycles. The molecule has 0 amide bonds. The Morgan fingerprint density at radius 1 is 1.33 bits per heavy atom. The molecule has 15 heavy (non-hydrogen) atoms. The summed E-state index contributed by atoms with van der Waals surface area (Å²) in [5.41, 5.74) is 0. The number of hydrogen-bond donors (Lipinski definition) is 1. The van der Waals surface area contributed by atoms with E-state index < -0.39 is 0 Å². The lowest BCUT2D eigenvalue weighted by atomic mass is 10.0. The maximum absolute atomic E-state index is 3.53. The first-order valence-corrected chi connectivity index (χ1v) is 6.46. The molecule has 2 fully saturated rings. The lowest BCUT2D eigenvalue weighted by molar-refractivity contribution is 0.122. The Morgan fingerprint density at radius 3 is 2.73 bits per heavy atom. The number of likely N-dealkylation sites (tertiary alicyclic amines) is 1. The average molecular weight is 211 g/mol. The van der Waals surface area contributed by atoms with Gasteiger partial charge in [-0.1, -0.05) is 6.92 Å². The van der Waals surface area contributed by atoms with E-state index >= 15 is 0 Å². The fourth-order valence-corrected chi connectivity index (χ4v) is 3.11. The predicted octanol–water partition coefficient (Wildman–Crippen LogP) is 0.764. The van der Waals surface area contributed by atoms with Gasteiger partial charge in [0.15, 0.2) is 0 Å². The van der Waals surface area contributed by atoms with Crippen molar-refractivity contribution in [2.24, 2.45) is 0 Å². The Balaban J connectivity index is 1.90. The van der Waals surface area contributed by atoms with Gasteiger partial charge in [0.05, 0.1) is 0 Å². The zero-order valence-corrected chi connectivity index (χ0v) is 10.2. The Hall–Kier alpha value is -0.120. The van der Waals surface area contributed by atoms with Gasteiger partial charge in [-0.15, -0.1) is 0 Å². The lowest BCUT2D eigenvalue weighted by Crippen LogP contribution is -2.51. The summed E-state index contributed by atoms with van der Waals surface area (Å²) < 4.78 is 0. The predicted molar refractivity (Wildman–Crippen MR) is 64.2 cm³/mol. The number of nitrogens with zero attached hydrogens (tertiary/aromatic N) is 2. The van der Waals surface area contributed by atoms with Gasteiger partial charge in [-0.25, -0.2) is 0 Å². The van der Waals surface area contributed by atoms with E-state index in [1.807, 2.05) is 0 Å². The molecule has 0 bridgehead atoms. The van der Waals surface area contributed by atoms with E-state index in [0.29, 0.717) is 0 Å². The summed E-state index contributed by atoms with van der Waals surface area (Å²) in [5, 5.41) is 3.53. The van der Waals surface area contributed by atoms with E-state index in [9.17, 15) is 0 Å². The topological polar surface area (TPSA) is 18.5 Å². The maximum atomic E-state index is 3.53. The third kappa shape index (κ3) is 2.71. The van der Waals surface area contributed by atoms with Crippen molar-refractivity contribution in [3.63, 3.8) is 0 Å². The van der Waals surface area contributed by atoms with Crippen LogP contribution in [0.1, 0.15) is 26.2 Å². The highest BCUT2D eigenvalue weighted by atomic mass is 15.3. The van der Waals surface area contributed by atoms with Gasteiger partial charge in [-0.05, 0) is 45.9 Å². The van der Waals surface area contributed by atoms with Crippen LogP contribution in [0.15, 0.2) is 0 Å². The molecule has 0 aliphatic carbocycles. The first kappa shape index (κ1) is 11.4. The van der Waals surface area contributed by atoms with Crippen LogP contribution < -0.4 is 5.32 Å². The molecule has 3 nitrogen and oxygen atoms in total. The molecule has 2 unspecified atom stereocenters. The van der Waals surface area contributed by atoms with E-state index in [0.717, 1.165) is 12.1 Å². The number of hydrogen-bond acceptors (Lipinski definition) is 3. The second-order valence-corrected chi connectivity index (χ2v) is 5.04. The molecule has 0 radical (unpaired) electrons. The molecule has 0 aromatic rings. The van der Waals surface area contributed by atoms with E-state index in [1.54, 1.807) is 0 Å². The Kier molecular flexibility index (Phi) is 4.00. The van der Waals surface area contributed by atoms with Gasteiger partial charge in [0.1, 0.15) is 0 Å². The number of likely N-dealkylation sites (N-methyl/N-ethyl adjacent to an activating group) is 2. The average Bonchev–Trinajstić information content (AvgIpc) is 2.68. The molecular formula is C12H25N3. The van der Waals surface area contributed by atoms with Gasteiger partial charge >= 0.3 is 0 Å². The van der Waals surface area contributed by atoms with Crippen molar-refractivity contribution in [3.8, 4) is 0 Å². The third-order valence-corrected chi connectivity index (χ3v) is 3.94. The molecule has 2 rings (SSSR count). The molecule has 1 N–H and O–H groups in total. The second kappa shape index (κ2) is 5.28. The minimum absolute atomic E-state index is 0.792. The minimum atomic E-state index is 0.792. The first-order valence-electron chi connectivity index (χ1n) is 6.46. The largest absolute Gasteiger partial charge is 0.315 e. The van der Waals surface area contributed by atoms with Crippen molar-refractivity contribution in [3.05, 3.63) is 0 Å². The van der Waals surface area contributed by atoms with Crippen LogP contribution >= 0.6 is 0 Å². The molecule has 2 saturated heterocycles. The van der Waals surface area contributed by atoms with Gasteiger partial charge in [-0.2, -0.15) is 0 Å². The van der Waals surface area contributed by atoms with Gasteiger partial charge in [0.25, 0.3) is 0 Å². The molecular weight excluding hydrogens is 186 g/mol. The monoisotopic (exact) mass is 211 g/mol. The normalized spacial score (nSPS) is 33.8. The molecule has 0 spiro atoms. The van der Waals surface area contributed by atoms with Crippen LogP contribution in [0.25, 0.3) is 0 Å². The highest BCUT2D eigenvalue weighted by Crippen LogP contribution is 2.19. The Bertz CT molecular complexity index is 185. The fraction of sp³-hybridized carbons (Fsp3) is 1.00. The minimum Gasteiger partial charge on any atom is -0.315 e. The number of rotatable bonds is 3. The van der Waals surface area contributed by atoms with Gasteiger partial charge < -0.3 is 10.2 Å². The van der Waals surface area contributed by atoms with Crippen molar-refractivity contribution >= 4 is 0 Å². The maximum Gasteiger partial charge on any atom is 0.0238 e. The molecule has 2 aliphatic rings. The van der Waals surface area contributed by atoms with Crippen molar-refractivity contribution < 1.29 is 0 Å². The highest BCUT2D eigenvalue weighted by Gasteiger charge is 2.30. The zero-order chi connectivity index (χ0) is 10.7. The van der Waals surface area contributed by atoms with Gasteiger partial charge in [0.2, 0.25) is 0 Å². The van der Waals surface area contributed by atoms with E-state index in [4.69, 9.17) is 0 Å². The molecule has 0 aromatic heterocycles. The summed E-state index contributed by atoms with van der Waals surface area (Å²) in [5.74, 6) is 0. The first-order chi connectivity index (χ1) is 7.31. The van der Waals surface area contributed by atoms with Gasteiger partial charge in [-0.3, -0.25) is 4.90 Å². The van der Waals surface area contributed by atoms with Crippen molar-refractivity contribution in [1.29, 1.82) is 0 Å². The molecule has 2 atom stereocenters.